The van der Waals surface area contributed by atoms with Crippen LogP contribution in [-0.4, -0.2) is 74.2 Å². The van der Waals surface area contributed by atoms with Crippen molar-refractivity contribution >= 4 is 32.8 Å². The summed E-state index contributed by atoms with van der Waals surface area (Å²) < 4.78 is 29.3. The third kappa shape index (κ3) is 5.49. The van der Waals surface area contributed by atoms with Crippen molar-refractivity contribution in [3.63, 3.8) is 0 Å². The Morgan fingerprint density at radius 1 is 1.14 bits per heavy atom. The normalized spacial score (nSPS) is 21.9. The first kappa shape index (κ1) is 25.1. The van der Waals surface area contributed by atoms with Gasteiger partial charge < -0.3 is 10.6 Å². The maximum absolute atomic E-state index is 12.8. The lowest BCUT2D eigenvalue weighted by Gasteiger charge is -2.40. The lowest BCUT2D eigenvalue weighted by Crippen LogP contribution is -2.54. The molecule has 0 aromatic heterocycles. The number of carbonyl (C=O) groups excluding carboxylic acids is 2. The van der Waals surface area contributed by atoms with E-state index >= 15 is 0 Å². The molecule has 2 heterocycles. The maximum Gasteiger partial charge on any atom is 0.280 e. The van der Waals surface area contributed by atoms with Crippen molar-refractivity contribution in [2.75, 3.05) is 32.7 Å². The summed E-state index contributed by atoms with van der Waals surface area (Å²) >= 11 is 0. The Morgan fingerprint density at radius 2 is 1.86 bits per heavy atom. The van der Waals surface area contributed by atoms with Crippen LogP contribution >= 0.6 is 0 Å². The molecule has 0 saturated carbocycles. The molecule has 0 radical (unpaired) electrons. The number of nitrogens with zero attached hydrogens (tertiary/aromatic N) is 2. The first-order valence-electron chi connectivity index (χ1n) is 11.8. The molecule has 2 fully saturated rings. The fraction of sp³-hybridized carbons (Fsp3) is 0.440. The molecule has 1 unspecified atom stereocenters. The van der Waals surface area contributed by atoms with Crippen LogP contribution in [0.3, 0.4) is 0 Å². The van der Waals surface area contributed by atoms with Crippen LogP contribution < -0.4 is 15.4 Å². The maximum atomic E-state index is 12.8. The van der Waals surface area contributed by atoms with Gasteiger partial charge in [-0.3, -0.25) is 14.5 Å². The number of rotatable bonds is 7. The number of carbonyl (C=O) groups is 2. The van der Waals surface area contributed by atoms with Gasteiger partial charge in [-0.15, -0.1) is 6.42 Å². The number of piperidine rings is 1. The number of fused-ring (bicyclic) bond motifs is 1. The Morgan fingerprint density at radius 3 is 2.60 bits per heavy atom. The van der Waals surface area contributed by atoms with Crippen molar-refractivity contribution in [3.8, 4) is 12.3 Å². The zero-order valence-corrected chi connectivity index (χ0v) is 20.6. The van der Waals surface area contributed by atoms with E-state index in [9.17, 15) is 18.0 Å². The van der Waals surface area contributed by atoms with E-state index < -0.39 is 28.1 Å². The Kier molecular flexibility index (Phi) is 7.72. The monoisotopic (exact) mass is 497 g/mol. The van der Waals surface area contributed by atoms with Crippen LogP contribution in [0.2, 0.25) is 0 Å². The summed E-state index contributed by atoms with van der Waals surface area (Å²) in [6.45, 7) is 3.39. The first-order valence-corrected chi connectivity index (χ1v) is 13.2. The standard InChI is InChI=1S/C25H31N5O4S/c1-3-13-26-24(31)17-27-25(32)23-16-28-35(33,34)30(23)20-11-14-29(15-12-20)18(2)21-10-6-8-19-7-4-5-9-22(19)21/h1,4-10,18,20,23,28H,11-17H2,2H3,(H,26,31)(H,27,32)/t18?,23-/m0/s1. The summed E-state index contributed by atoms with van der Waals surface area (Å²) in [5, 5.41) is 7.41. The number of amides is 2. The minimum absolute atomic E-state index is 0.0211. The van der Waals surface area contributed by atoms with Gasteiger partial charge in [0.2, 0.25) is 11.8 Å². The van der Waals surface area contributed by atoms with Crippen LogP contribution in [0.25, 0.3) is 10.8 Å². The van der Waals surface area contributed by atoms with Gasteiger partial charge in [0.25, 0.3) is 10.2 Å². The summed E-state index contributed by atoms with van der Waals surface area (Å²) in [7, 11) is -3.78. The minimum Gasteiger partial charge on any atom is -0.346 e. The second kappa shape index (κ2) is 10.7. The number of hydrogen-bond acceptors (Lipinski definition) is 5. The highest BCUT2D eigenvalue weighted by Gasteiger charge is 2.46. The number of hydrogen-bond donors (Lipinski definition) is 3. The lowest BCUT2D eigenvalue weighted by atomic mass is 9.96. The fourth-order valence-electron chi connectivity index (χ4n) is 5.01. The van der Waals surface area contributed by atoms with Gasteiger partial charge in [-0.25, -0.2) is 0 Å². The summed E-state index contributed by atoms with van der Waals surface area (Å²) in [6, 6.07) is 13.6. The average Bonchev–Trinajstić information content (AvgIpc) is 3.20. The van der Waals surface area contributed by atoms with Crippen LogP contribution in [0.1, 0.15) is 31.4 Å². The molecule has 2 aromatic rings. The molecule has 10 heteroatoms. The highest BCUT2D eigenvalue weighted by molar-refractivity contribution is 7.87. The Labute approximate surface area is 206 Å². The molecule has 0 aliphatic carbocycles. The number of nitrogens with one attached hydrogen (secondary N) is 3. The van der Waals surface area contributed by atoms with E-state index in [2.05, 4.69) is 63.4 Å². The van der Waals surface area contributed by atoms with Crippen molar-refractivity contribution < 1.29 is 18.0 Å². The van der Waals surface area contributed by atoms with Crippen LogP contribution in [0.5, 0.6) is 0 Å². The summed E-state index contributed by atoms with van der Waals surface area (Å²) in [4.78, 5) is 26.9. The van der Waals surface area contributed by atoms with Crippen LogP contribution in [0.15, 0.2) is 42.5 Å². The number of likely N-dealkylation sites (tertiary alicyclic amines) is 1. The number of benzene rings is 2. The van der Waals surface area contributed by atoms with E-state index in [0.717, 1.165) is 0 Å². The minimum atomic E-state index is -3.78. The highest BCUT2D eigenvalue weighted by atomic mass is 32.2. The van der Waals surface area contributed by atoms with Gasteiger partial charge in [0.1, 0.15) is 6.04 Å². The van der Waals surface area contributed by atoms with E-state index in [0.29, 0.717) is 25.9 Å². The fourth-order valence-corrected chi connectivity index (χ4v) is 6.64. The molecule has 2 aliphatic heterocycles. The van der Waals surface area contributed by atoms with E-state index in [4.69, 9.17) is 6.42 Å². The molecule has 2 amide bonds. The molecule has 0 spiro atoms. The largest absolute Gasteiger partial charge is 0.346 e. The van der Waals surface area contributed by atoms with Gasteiger partial charge in [0.15, 0.2) is 0 Å². The van der Waals surface area contributed by atoms with Crippen molar-refractivity contribution in [2.45, 2.75) is 37.9 Å². The van der Waals surface area contributed by atoms with E-state index in [-0.39, 0.29) is 31.7 Å². The predicted octanol–water partition coefficient (Wildman–Crippen LogP) is 0.749. The van der Waals surface area contributed by atoms with Crippen molar-refractivity contribution in [1.82, 2.24) is 24.6 Å². The second-order valence-corrected chi connectivity index (χ2v) is 10.6. The van der Waals surface area contributed by atoms with Crippen LogP contribution in [0.4, 0.5) is 0 Å². The van der Waals surface area contributed by atoms with Gasteiger partial charge in [-0.05, 0) is 36.1 Å². The van der Waals surface area contributed by atoms with Crippen molar-refractivity contribution in [2.24, 2.45) is 0 Å². The molecule has 0 bridgehead atoms. The van der Waals surface area contributed by atoms with E-state index in [1.165, 1.54) is 20.6 Å². The zero-order chi connectivity index (χ0) is 25.0. The topological polar surface area (TPSA) is 111 Å². The first-order chi connectivity index (χ1) is 16.8. The van der Waals surface area contributed by atoms with Crippen LogP contribution in [-0.2, 0) is 19.8 Å². The Hall–Kier alpha value is -2.97. The summed E-state index contributed by atoms with van der Waals surface area (Å²) in [5.41, 5.74) is 1.25. The van der Waals surface area contributed by atoms with E-state index in [1.807, 2.05) is 12.1 Å². The molecule has 2 aromatic carbocycles. The molecule has 2 saturated heterocycles. The quantitative estimate of drug-likeness (QED) is 0.489. The predicted molar refractivity (Wildman–Crippen MR) is 134 cm³/mol. The summed E-state index contributed by atoms with van der Waals surface area (Å²) in [6.07, 6.45) is 6.34. The molecule has 4 rings (SSSR count). The molecule has 2 aliphatic rings. The Balaban J connectivity index is 1.40. The zero-order valence-electron chi connectivity index (χ0n) is 19.7. The van der Waals surface area contributed by atoms with E-state index in [1.54, 1.807) is 0 Å². The summed E-state index contributed by atoms with van der Waals surface area (Å²) in [5.74, 6) is 1.36. The molecular formula is C25H31N5O4S. The molecular weight excluding hydrogens is 466 g/mol. The van der Waals surface area contributed by atoms with Gasteiger partial charge in [0, 0.05) is 31.7 Å². The van der Waals surface area contributed by atoms with Gasteiger partial charge in [-0.1, -0.05) is 48.4 Å². The molecule has 2 atom stereocenters. The van der Waals surface area contributed by atoms with Gasteiger partial charge >= 0.3 is 0 Å². The molecule has 9 nitrogen and oxygen atoms in total. The smallest absolute Gasteiger partial charge is 0.280 e. The van der Waals surface area contributed by atoms with Crippen LogP contribution in [0, 0.1) is 12.3 Å². The SMILES string of the molecule is C#CCNC(=O)CNC(=O)[C@@H]1CNS(=O)(=O)N1C1CCN(C(C)c2cccc3ccccc23)CC1. The molecule has 186 valence electrons. The van der Waals surface area contributed by atoms with Crippen molar-refractivity contribution in [1.29, 1.82) is 0 Å². The van der Waals surface area contributed by atoms with Gasteiger partial charge in [-0.2, -0.15) is 17.4 Å². The average molecular weight is 498 g/mol. The lowest BCUT2D eigenvalue weighted by molar-refractivity contribution is -0.128. The molecule has 3 N–H and O–H groups in total. The third-order valence-electron chi connectivity index (χ3n) is 6.84. The van der Waals surface area contributed by atoms with Gasteiger partial charge in [0.05, 0.1) is 13.1 Å². The number of terminal acetylenes is 1. The third-order valence-corrected chi connectivity index (χ3v) is 8.48. The Bertz CT molecular complexity index is 1230. The van der Waals surface area contributed by atoms with Crippen molar-refractivity contribution in [3.05, 3.63) is 48.0 Å². The molecule has 35 heavy (non-hydrogen) atoms. The highest BCUT2D eigenvalue weighted by Crippen LogP contribution is 2.32. The second-order valence-electron chi connectivity index (χ2n) is 8.91.